The molecule has 0 aliphatic carbocycles. The van der Waals surface area contributed by atoms with Crippen molar-refractivity contribution in [3.63, 3.8) is 0 Å². The minimum Gasteiger partial charge on any atom is -0.378 e. The number of para-hydroxylation sites is 1. The Labute approximate surface area is 134 Å². The molecule has 0 aliphatic rings. The Bertz CT molecular complexity index is 819. The van der Waals surface area contributed by atoms with Crippen molar-refractivity contribution < 1.29 is 0 Å². The summed E-state index contributed by atoms with van der Waals surface area (Å²) >= 11 is 0. The lowest BCUT2D eigenvalue weighted by Crippen LogP contribution is -2.16. The van der Waals surface area contributed by atoms with Crippen LogP contribution >= 0.6 is 0 Å². The number of hydrogen-bond acceptors (Lipinski definition) is 3. The molecule has 0 saturated heterocycles. The first kappa shape index (κ1) is 14.8. The van der Waals surface area contributed by atoms with Crippen LogP contribution in [0.1, 0.15) is 11.4 Å². The molecule has 0 spiro atoms. The second kappa shape index (κ2) is 7.26. The summed E-state index contributed by atoms with van der Waals surface area (Å²) in [4.78, 5) is 14.6. The quantitative estimate of drug-likeness (QED) is 0.736. The number of benzene rings is 2. The summed E-state index contributed by atoms with van der Waals surface area (Å²) in [5, 5.41) is 7.51. The zero-order chi connectivity index (χ0) is 15.9. The molecule has 0 saturated carbocycles. The topological polar surface area (TPSA) is 62.7 Å². The Hall–Kier alpha value is -3.08. The van der Waals surface area contributed by atoms with Gasteiger partial charge in [-0.1, -0.05) is 60.7 Å². The molecule has 0 radical (unpaired) electrons. The normalized spacial score (nSPS) is 11.0. The maximum atomic E-state index is 11.9. The smallest absolute Gasteiger partial charge is 0.343 e. The van der Waals surface area contributed by atoms with E-state index < -0.39 is 0 Å². The molecule has 3 rings (SSSR count). The highest BCUT2D eigenvalue weighted by Crippen LogP contribution is 2.05. The predicted octanol–water partition coefficient (Wildman–Crippen LogP) is 2.90. The SMILES string of the molecule is O=c1[nH]c(CNc2ccccc2)nn1C/C=C/c1ccccc1. The molecular weight excluding hydrogens is 288 g/mol. The molecule has 116 valence electrons. The van der Waals surface area contributed by atoms with Crippen LogP contribution in [0.3, 0.4) is 0 Å². The number of H-pyrrole nitrogens is 1. The van der Waals surface area contributed by atoms with Crippen molar-refractivity contribution in [1.29, 1.82) is 0 Å². The Morgan fingerprint density at radius 3 is 2.48 bits per heavy atom. The van der Waals surface area contributed by atoms with Crippen molar-refractivity contribution in [3.8, 4) is 0 Å². The fraction of sp³-hybridized carbons (Fsp3) is 0.111. The molecule has 5 heteroatoms. The predicted molar refractivity (Wildman–Crippen MR) is 92.1 cm³/mol. The van der Waals surface area contributed by atoms with Crippen molar-refractivity contribution >= 4 is 11.8 Å². The van der Waals surface area contributed by atoms with Gasteiger partial charge in [-0.2, -0.15) is 5.10 Å². The van der Waals surface area contributed by atoms with E-state index in [1.807, 2.05) is 72.8 Å². The van der Waals surface area contributed by atoms with Crippen LogP contribution < -0.4 is 11.0 Å². The summed E-state index contributed by atoms with van der Waals surface area (Å²) in [7, 11) is 0. The number of nitrogens with zero attached hydrogens (tertiary/aromatic N) is 2. The molecule has 2 aromatic carbocycles. The van der Waals surface area contributed by atoms with Gasteiger partial charge in [0.05, 0.1) is 13.1 Å². The number of rotatable bonds is 6. The fourth-order valence-electron chi connectivity index (χ4n) is 2.20. The summed E-state index contributed by atoms with van der Waals surface area (Å²) in [6.07, 6.45) is 3.90. The van der Waals surface area contributed by atoms with Crippen LogP contribution in [0, 0.1) is 0 Å². The van der Waals surface area contributed by atoms with E-state index in [4.69, 9.17) is 0 Å². The van der Waals surface area contributed by atoms with Crippen LogP contribution in [-0.4, -0.2) is 14.8 Å². The summed E-state index contributed by atoms with van der Waals surface area (Å²) < 4.78 is 1.42. The number of aromatic amines is 1. The second-order valence-electron chi connectivity index (χ2n) is 5.09. The average molecular weight is 306 g/mol. The molecule has 5 nitrogen and oxygen atoms in total. The molecule has 1 heterocycles. The van der Waals surface area contributed by atoms with E-state index in [1.54, 1.807) is 0 Å². The van der Waals surface area contributed by atoms with Crippen molar-refractivity contribution in [1.82, 2.24) is 14.8 Å². The van der Waals surface area contributed by atoms with Crippen LogP contribution in [0.2, 0.25) is 0 Å². The summed E-state index contributed by atoms with van der Waals surface area (Å²) in [6.45, 7) is 0.921. The lowest BCUT2D eigenvalue weighted by molar-refractivity contribution is 0.665. The molecule has 0 atom stereocenters. The lowest BCUT2D eigenvalue weighted by Gasteiger charge is -2.02. The van der Waals surface area contributed by atoms with Gasteiger partial charge in [0, 0.05) is 5.69 Å². The van der Waals surface area contributed by atoms with E-state index in [2.05, 4.69) is 15.4 Å². The van der Waals surface area contributed by atoms with E-state index in [-0.39, 0.29) is 5.69 Å². The van der Waals surface area contributed by atoms with E-state index in [0.717, 1.165) is 11.3 Å². The molecular formula is C18H18N4O. The fourth-order valence-corrected chi connectivity index (χ4v) is 2.20. The van der Waals surface area contributed by atoms with E-state index in [1.165, 1.54) is 4.68 Å². The van der Waals surface area contributed by atoms with E-state index in [9.17, 15) is 4.79 Å². The van der Waals surface area contributed by atoms with Crippen LogP contribution in [0.5, 0.6) is 0 Å². The lowest BCUT2D eigenvalue weighted by atomic mass is 10.2. The minimum absolute atomic E-state index is 0.201. The second-order valence-corrected chi connectivity index (χ2v) is 5.09. The maximum Gasteiger partial charge on any atom is 0.343 e. The first-order chi connectivity index (χ1) is 11.3. The molecule has 0 bridgehead atoms. The Kier molecular flexibility index (Phi) is 4.69. The van der Waals surface area contributed by atoms with Gasteiger partial charge in [0.2, 0.25) is 0 Å². The van der Waals surface area contributed by atoms with Crippen molar-refractivity contribution in [2.75, 3.05) is 5.32 Å². The van der Waals surface area contributed by atoms with Gasteiger partial charge in [-0.05, 0) is 17.7 Å². The average Bonchev–Trinajstić information content (AvgIpc) is 2.95. The van der Waals surface area contributed by atoms with Crippen molar-refractivity contribution in [2.24, 2.45) is 0 Å². The zero-order valence-electron chi connectivity index (χ0n) is 12.6. The van der Waals surface area contributed by atoms with E-state index >= 15 is 0 Å². The summed E-state index contributed by atoms with van der Waals surface area (Å²) in [6, 6.07) is 19.8. The Morgan fingerprint density at radius 1 is 1.04 bits per heavy atom. The molecule has 1 aromatic heterocycles. The number of hydrogen-bond donors (Lipinski definition) is 2. The zero-order valence-corrected chi connectivity index (χ0v) is 12.6. The highest BCUT2D eigenvalue weighted by atomic mass is 16.1. The van der Waals surface area contributed by atoms with Crippen LogP contribution in [0.25, 0.3) is 6.08 Å². The highest BCUT2D eigenvalue weighted by Gasteiger charge is 2.03. The standard InChI is InChI=1S/C18H18N4O/c23-18-20-17(14-19-16-11-5-2-6-12-16)21-22(18)13-7-10-15-8-3-1-4-9-15/h1-12,19H,13-14H2,(H,20,21,23)/b10-7+. The molecule has 2 N–H and O–H groups in total. The van der Waals surface area contributed by atoms with Crippen LogP contribution in [-0.2, 0) is 13.1 Å². The molecule has 0 fully saturated rings. The summed E-state index contributed by atoms with van der Waals surface area (Å²) in [5.74, 6) is 0.618. The van der Waals surface area contributed by atoms with Crippen LogP contribution in [0.15, 0.2) is 71.5 Å². The third kappa shape index (κ3) is 4.20. The Morgan fingerprint density at radius 2 is 1.74 bits per heavy atom. The third-order valence-corrected chi connectivity index (χ3v) is 3.35. The van der Waals surface area contributed by atoms with Crippen LogP contribution in [0.4, 0.5) is 5.69 Å². The van der Waals surface area contributed by atoms with Gasteiger partial charge in [-0.3, -0.25) is 4.98 Å². The van der Waals surface area contributed by atoms with Crippen molar-refractivity contribution in [3.05, 3.63) is 88.6 Å². The third-order valence-electron chi connectivity index (χ3n) is 3.35. The van der Waals surface area contributed by atoms with Gasteiger partial charge in [0.25, 0.3) is 0 Å². The van der Waals surface area contributed by atoms with Gasteiger partial charge < -0.3 is 5.32 Å². The minimum atomic E-state index is -0.201. The molecule has 0 unspecified atom stereocenters. The van der Waals surface area contributed by atoms with Crippen molar-refractivity contribution in [2.45, 2.75) is 13.1 Å². The molecule has 3 aromatic rings. The number of nitrogens with one attached hydrogen (secondary N) is 2. The Balaban J connectivity index is 1.60. The monoisotopic (exact) mass is 306 g/mol. The first-order valence-corrected chi connectivity index (χ1v) is 7.48. The number of aromatic nitrogens is 3. The first-order valence-electron chi connectivity index (χ1n) is 7.48. The van der Waals surface area contributed by atoms with Gasteiger partial charge in [0.1, 0.15) is 5.82 Å². The largest absolute Gasteiger partial charge is 0.378 e. The molecule has 0 amide bonds. The summed E-state index contributed by atoms with van der Waals surface area (Å²) in [5.41, 5.74) is 1.89. The van der Waals surface area contributed by atoms with Gasteiger partial charge >= 0.3 is 5.69 Å². The van der Waals surface area contributed by atoms with Gasteiger partial charge in [0.15, 0.2) is 0 Å². The molecule has 23 heavy (non-hydrogen) atoms. The highest BCUT2D eigenvalue weighted by molar-refractivity contribution is 5.48. The number of anilines is 1. The van der Waals surface area contributed by atoms with E-state index in [0.29, 0.717) is 18.9 Å². The molecule has 0 aliphatic heterocycles. The van der Waals surface area contributed by atoms with Gasteiger partial charge in [-0.25, -0.2) is 9.48 Å². The number of allylic oxidation sites excluding steroid dienone is 1. The van der Waals surface area contributed by atoms with Gasteiger partial charge in [-0.15, -0.1) is 0 Å². The maximum absolute atomic E-state index is 11.9.